The van der Waals surface area contributed by atoms with Crippen molar-refractivity contribution in [3.8, 4) is 22.8 Å². The highest BCUT2D eigenvalue weighted by Gasteiger charge is 2.21. The Morgan fingerprint density at radius 3 is 2.50 bits per heavy atom. The summed E-state index contributed by atoms with van der Waals surface area (Å²) < 4.78 is 21.0. The average Bonchev–Trinajstić information content (AvgIpc) is 2.82. The van der Waals surface area contributed by atoms with Gasteiger partial charge < -0.3 is 9.84 Å². The van der Waals surface area contributed by atoms with Crippen LogP contribution in [0.4, 0.5) is 4.39 Å². The summed E-state index contributed by atoms with van der Waals surface area (Å²) in [5.41, 5.74) is 2.83. The minimum atomic E-state index is -1.21. The van der Waals surface area contributed by atoms with Crippen LogP contribution < -0.4 is 10.3 Å². The maximum atomic E-state index is 13.4. The molecule has 4 heterocycles. The van der Waals surface area contributed by atoms with E-state index in [9.17, 15) is 14.3 Å². The lowest BCUT2D eigenvalue weighted by molar-refractivity contribution is 0.0688. The fourth-order valence-corrected chi connectivity index (χ4v) is 4.05. The largest absolute Gasteiger partial charge is 0.486 e. The fourth-order valence-electron chi connectivity index (χ4n) is 3.64. The minimum absolute atomic E-state index is 0.0866. The maximum Gasteiger partial charge on any atom is 0.273 e. The summed E-state index contributed by atoms with van der Waals surface area (Å²) in [5, 5.41) is 10.3. The van der Waals surface area contributed by atoms with Gasteiger partial charge in [0.1, 0.15) is 28.2 Å². The Morgan fingerprint density at radius 2 is 1.81 bits per heavy atom. The zero-order valence-corrected chi connectivity index (χ0v) is 22.1. The number of halogens is 2. The number of hydrogen-bond acceptors (Lipinski definition) is 7. The van der Waals surface area contributed by atoms with E-state index in [1.165, 1.54) is 6.07 Å². The van der Waals surface area contributed by atoms with Crippen molar-refractivity contribution in [1.29, 1.82) is 0 Å². The molecule has 0 radical (unpaired) electrons. The van der Waals surface area contributed by atoms with Crippen molar-refractivity contribution in [3.63, 3.8) is 0 Å². The number of rotatable bonds is 6. The van der Waals surface area contributed by atoms with E-state index in [0.29, 0.717) is 39.8 Å². The van der Waals surface area contributed by atoms with Crippen LogP contribution in [0.15, 0.2) is 52.1 Å². The van der Waals surface area contributed by atoms with E-state index in [0.717, 1.165) is 11.8 Å². The summed E-state index contributed by atoms with van der Waals surface area (Å²) in [7, 11) is 0. The average molecular weight is 554 g/mol. The molecule has 0 saturated heterocycles. The van der Waals surface area contributed by atoms with Crippen molar-refractivity contribution >= 4 is 15.9 Å². The van der Waals surface area contributed by atoms with Gasteiger partial charge >= 0.3 is 0 Å². The molecule has 1 N–H and O–H groups in total. The van der Waals surface area contributed by atoms with Crippen molar-refractivity contribution in [2.45, 2.75) is 46.8 Å². The summed E-state index contributed by atoms with van der Waals surface area (Å²) in [4.78, 5) is 30.6. The molecule has 10 heteroatoms. The molecule has 0 amide bonds. The maximum absolute atomic E-state index is 13.4. The molecule has 0 bridgehead atoms. The quantitative estimate of drug-likeness (QED) is 0.368. The first-order chi connectivity index (χ1) is 17.0. The van der Waals surface area contributed by atoms with Gasteiger partial charge in [0.25, 0.3) is 5.56 Å². The molecule has 0 atom stereocenters. The summed E-state index contributed by atoms with van der Waals surface area (Å²) in [6.07, 6.45) is 4.37. The van der Waals surface area contributed by atoms with Gasteiger partial charge in [-0.2, -0.15) is 0 Å². The first-order valence-corrected chi connectivity index (χ1v) is 11.9. The van der Waals surface area contributed by atoms with E-state index in [1.54, 1.807) is 62.9 Å². The second-order valence-electron chi connectivity index (χ2n) is 8.99. The predicted octanol–water partition coefficient (Wildman–Crippen LogP) is 4.72. The third-order valence-corrected chi connectivity index (χ3v) is 6.33. The Bertz CT molecular complexity index is 1510. The molecule has 4 rings (SSSR count). The summed E-state index contributed by atoms with van der Waals surface area (Å²) in [6, 6.07) is 6.61. The van der Waals surface area contributed by atoms with Crippen LogP contribution in [0.25, 0.3) is 17.1 Å². The molecule has 0 aliphatic carbocycles. The van der Waals surface area contributed by atoms with Gasteiger partial charge in [-0.3, -0.25) is 19.3 Å². The number of nitrogens with zero attached hydrogens (tertiary/aromatic N) is 5. The lowest BCUT2D eigenvalue weighted by Crippen LogP contribution is -2.23. The molecule has 0 aliphatic heterocycles. The summed E-state index contributed by atoms with van der Waals surface area (Å²) in [5.74, 6) is 0.213. The first-order valence-electron chi connectivity index (χ1n) is 11.1. The Labute approximate surface area is 216 Å². The zero-order valence-electron chi connectivity index (χ0n) is 20.5. The minimum Gasteiger partial charge on any atom is -0.486 e. The molecule has 36 heavy (non-hydrogen) atoms. The van der Waals surface area contributed by atoms with Crippen LogP contribution in [0.2, 0.25) is 0 Å². The van der Waals surface area contributed by atoms with Gasteiger partial charge in [-0.15, -0.1) is 0 Å². The molecule has 8 nitrogen and oxygen atoms in total. The molecule has 0 unspecified atom stereocenters. The van der Waals surface area contributed by atoms with Gasteiger partial charge in [0, 0.05) is 24.2 Å². The van der Waals surface area contributed by atoms with Crippen molar-refractivity contribution in [1.82, 2.24) is 24.5 Å². The van der Waals surface area contributed by atoms with Crippen molar-refractivity contribution in [3.05, 3.63) is 91.8 Å². The lowest BCUT2D eigenvalue weighted by Gasteiger charge is -2.18. The van der Waals surface area contributed by atoms with Gasteiger partial charge in [-0.1, -0.05) is 0 Å². The van der Waals surface area contributed by atoms with E-state index in [2.05, 4.69) is 35.9 Å². The first kappa shape index (κ1) is 25.6. The highest BCUT2D eigenvalue weighted by molar-refractivity contribution is 9.10. The fraction of sp³-hybridized carbons (Fsp3) is 0.269. The monoisotopic (exact) mass is 553 g/mol. The van der Waals surface area contributed by atoms with E-state index in [4.69, 9.17) is 4.74 Å². The Morgan fingerprint density at radius 1 is 1.06 bits per heavy atom. The van der Waals surface area contributed by atoms with Crippen LogP contribution >= 0.6 is 15.9 Å². The molecule has 4 aromatic heterocycles. The summed E-state index contributed by atoms with van der Waals surface area (Å²) in [6.45, 7) is 8.72. The van der Waals surface area contributed by atoms with Crippen molar-refractivity contribution in [2.75, 3.05) is 0 Å². The van der Waals surface area contributed by atoms with Crippen LogP contribution in [0.3, 0.4) is 0 Å². The van der Waals surface area contributed by atoms with E-state index >= 15 is 0 Å². The molecule has 0 fully saturated rings. The molecule has 0 spiro atoms. The van der Waals surface area contributed by atoms with Gasteiger partial charge in [-0.25, -0.2) is 14.4 Å². The van der Waals surface area contributed by atoms with Crippen LogP contribution in [-0.4, -0.2) is 29.6 Å². The van der Waals surface area contributed by atoms with Crippen LogP contribution in [0, 0.1) is 26.6 Å². The van der Waals surface area contributed by atoms with Gasteiger partial charge in [0.15, 0.2) is 5.82 Å². The Hall–Kier alpha value is -3.50. The third kappa shape index (κ3) is 5.19. The van der Waals surface area contributed by atoms with Crippen molar-refractivity contribution < 1.29 is 14.2 Å². The number of hydrogen-bond donors (Lipinski definition) is 1. The van der Waals surface area contributed by atoms with Crippen LogP contribution in [0.1, 0.15) is 42.2 Å². The van der Waals surface area contributed by atoms with E-state index in [-0.39, 0.29) is 22.5 Å². The molecule has 4 aromatic rings. The van der Waals surface area contributed by atoms with Crippen molar-refractivity contribution in [2.24, 2.45) is 0 Å². The number of aliphatic hydroxyl groups is 1. The molecule has 0 saturated carbocycles. The summed E-state index contributed by atoms with van der Waals surface area (Å²) >= 11 is 3.38. The number of aryl methyl sites for hydroxylation is 3. The number of ether oxygens (including phenoxy) is 1. The highest BCUT2D eigenvalue weighted by Crippen LogP contribution is 2.28. The molecule has 0 aliphatic rings. The molecule has 0 aromatic carbocycles. The van der Waals surface area contributed by atoms with Gasteiger partial charge in [0.05, 0.1) is 29.0 Å². The van der Waals surface area contributed by atoms with Crippen LogP contribution in [0.5, 0.6) is 5.75 Å². The molecule has 186 valence electrons. The third-order valence-electron chi connectivity index (χ3n) is 5.60. The van der Waals surface area contributed by atoms with Crippen LogP contribution in [-0.2, 0) is 12.2 Å². The predicted molar refractivity (Wildman–Crippen MR) is 137 cm³/mol. The number of pyridine rings is 3. The normalized spacial score (nSPS) is 11.6. The topological polar surface area (TPSA) is 103 Å². The smallest absolute Gasteiger partial charge is 0.273 e. The van der Waals surface area contributed by atoms with E-state index in [1.807, 2.05) is 6.92 Å². The number of aromatic nitrogens is 5. The SMILES string of the molecule is Cc1cnc(-c2ccnc(C(C)(C)O)n2)cc1-n1c(C)cc(OCc2ncc(F)cc2C)c(Br)c1=O. The second-order valence-corrected chi connectivity index (χ2v) is 9.78. The lowest BCUT2D eigenvalue weighted by atomic mass is 10.1. The highest BCUT2D eigenvalue weighted by atomic mass is 79.9. The zero-order chi connectivity index (χ0) is 26.2. The second kappa shape index (κ2) is 9.87. The Balaban J connectivity index is 1.72. The van der Waals surface area contributed by atoms with Gasteiger partial charge in [0.2, 0.25) is 0 Å². The molecular formula is C26H25BrFN5O3. The van der Waals surface area contributed by atoms with E-state index < -0.39 is 11.4 Å². The Kier molecular flexibility index (Phi) is 7.01. The van der Waals surface area contributed by atoms with Gasteiger partial charge in [-0.05, 0) is 79.9 Å². The molecular weight excluding hydrogens is 529 g/mol. The standard InChI is InChI=1S/C26H25BrFN5O3/c1-14-8-17(28)12-31-20(14)13-36-22-9-16(3)33(24(34)23(22)27)21-10-19(30-11-15(21)2)18-6-7-29-25(32-18)26(4,5)35/h6-12,35H,13H2,1-5H3.